The van der Waals surface area contributed by atoms with Crippen molar-refractivity contribution in [3.05, 3.63) is 229 Å². The number of hydrogen-bond donors (Lipinski definition) is 0. The van der Waals surface area contributed by atoms with Gasteiger partial charge >= 0.3 is 0 Å². The van der Waals surface area contributed by atoms with Gasteiger partial charge in [-0.3, -0.25) is 0 Å². The van der Waals surface area contributed by atoms with Crippen LogP contribution in [0.1, 0.15) is 22.3 Å². The van der Waals surface area contributed by atoms with Crippen LogP contribution in [-0.2, 0) is 5.41 Å². The van der Waals surface area contributed by atoms with E-state index in [0.29, 0.717) is 0 Å². The van der Waals surface area contributed by atoms with Crippen molar-refractivity contribution in [3.63, 3.8) is 0 Å². The molecule has 2 aliphatic rings. The highest BCUT2D eigenvalue weighted by Crippen LogP contribution is 2.62. The van der Waals surface area contributed by atoms with Crippen LogP contribution in [0.4, 0.5) is 0 Å². The van der Waals surface area contributed by atoms with E-state index in [1.165, 1.54) is 86.0 Å². The highest BCUT2D eigenvalue weighted by Gasteiger charge is 2.50. The van der Waals surface area contributed by atoms with Crippen molar-refractivity contribution >= 4 is 54.9 Å². The molecule has 0 bridgehead atoms. The van der Waals surface area contributed by atoms with Gasteiger partial charge in [-0.15, -0.1) is 22.7 Å². The molecule has 290 valence electrons. The van der Waals surface area contributed by atoms with Gasteiger partial charge in [-0.25, -0.2) is 9.97 Å². The van der Waals surface area contributed by atoms with E-state index < -0.39 is 5.41 Å². The van der Waals surface area contributed by atoms with Crippen LogP contribution >= 0.6 is 34.4 Å². The summed E-state index contributed by atoms with van der Waals surface area (Å²) >= 11 is 5.37. The highest BCUT2D eigenvalue weighted by atomic mass is 32.2. The maximum atomic E-state index is 4.95. The van der Waals surface area contributed by atoms with Gasteiger partial charge in [0.05, 0.1) is 25.8 Å². The van der Waals surface area contributed by atoms with Gasteiger partial charge in [0, 0.05) is 20.9 Å². The molecule has 13 rings (SSSR count). The lowest BCUT2D eigenvalue weighted by Gasteiger charge is -2.39. The first-order valence-corrected chi connectivity index (χ1v) is 23.3. The maximum Gasteiger partial charge on any atom is 0.124 e. The molecule has 0 saturated carbocycles. The van der Waals surface area contributed by atoms with Crippen LogP contribution in [0.5, 0.6) is 0 Å². The molecule has 1 spiro atoms. The minimum absolute atomic E-state index is 0.397. The van der Waals surface area contributed by atoms with Crippen molar-refractivity contribution in [1.82, 2.24) is 9.97 Å². The molecule has 0 N–H and O–H groups in total. The van der Waals surface area contributed by atoms with Gasteiger partial charge < -0.3 is 0 Å². The van der Waals surface area contributed by atoms with E-state index in [1.54, 1.807) is 22.7 Å². The van der Waals surface area contributed by atoms with Crippen molar-refractivity contribution in [3.8, 4) is 65.6 Å². The molecule has 0 saturated heterocycles. The Morgan fingerprint density at radius 1 is 0.306 bits per heavy atom. The highest BCUT2D eigenvalue weighted by molar-refractivity contribution is 7.99. The van der Waals surface area contributed by atoms with Crippen LogP contribution in [0.25, 0.3) is 86.1 Å². The minimum atomic E-state index is -0.397. The Morgan fingerprint density at radius 3 is 1.27 bits per heavy atom. The number of hydrogen-bond acceptors (Lipinski definition) is 5. The Labute approximate surface area is 371 Å². The molecular weight excluding hydrogens is 809 g/mol. The molecule has 11 aromatic rings. The quantitative estimate of drug-likeness (QED) is 0.173. The second-order valence-corrected chi connectivity index (χ2v) is 19.2. The maximum absolute atomic E-state index is 4.95. The second kappa shape index (κ2) is 14.1. The average molecular weight is 843 g/mol. The molecule has 62 heavy (non-hydrogen) atoms. The van der Waals surface area contributed by atoms with Crippen molar-refractivity contribution in [1.29, 1.82) is 0 Å². The third kappa shape index (κ3) is 5.56. The van der Waals surface area contributed by atoms with Gasteiger partial charge in [-0.2, -0.15) is 0 Å². The molecule has 0 amide bonds. The smallest absolute Gasteiger partial charge is 0.124 e. The molecule has 2 aromatic heterocycles. The Hall–Kier alpha value is -6.89. The lowest BCUT2D eigenvalue weighted by atomic mass is 9.67. The molecule has 5 heteroatoms. The van der Waals surface area contributed by atoms with Crippen LogP contribution in [0.3, 0.4) is 0 Å². The molecule has 3 heterocycles. The topological polar surface area (TPSA) is 25.8 Å². The van der Waals surface area contributed by atoms with E-state index in [9.17, 15) is 0 Å². The number of fused-ring (bicyclic) bond motifs is 11. The number of benzene rings is 9. The minimum Gasteiger partial charge on any atom is -0.236 e. The lowest BCUT2D eigenvalue weighted by molar-refractivity contribution is 0.722. The summed E-state index contributed by atoms with van der Waals surface area (Å²) in [6, 6.07) is 76.0. The van der Waals surface area contributed by atoms with Gasteiger partial charge in [0.25, 0.3) is 0 Å². The fourth-order valence-electron chi connectivity index (χ4n) is 9.77. The first kappa shape index (κ1) is 35.8. The van der Waals surface area contributed by atoms with E-state index in [-0.39, 0.29) is 0 Å². The Balaban J connectivity index is 0.961. The molecule has 0 radical (unpaired) electrons. The largest absolute Gasteiger partial charge is 0.236 e. The van der Waals surface area contributed by atoms with Crippen LogP contribution in [-0.4, -0.2) is 9.97 Å². The van der Waals surface area contributed by atoms with E-state index >= 15 is 0 Å². The zero-order valence-corrected chi connectivity index (χ0v) is 35.7. The van der Waals surface area contributed by atoms with Crippen LogP contribution in [0.15, 0.2) is 216 Å². The number of para-hydroxylation sites is 2. The number of nitrogens with zero attached hydrogens (tertiary/aromatic N) is 2. The summed E-state index contributed by atoms with van der Waals surface area (Å²) in [5, 5.41) is 2.08. The van der Waals surface area contributed by atoms with Crippen molar-refractivity contribution in [2.75, 3.05) is 0 Å². The molecule has 9 aromatic carbocycles. The van der Waals surface area contributed by atoms with Gasteiger partial charge in [0.15, 0.2) is 0 Å². The van der Waals surface area contributed by atoms with Gasteiger partial charge in [-0.1, -0.05) is 157 Å². The number of aromatic nitrogens is 2. The molecular formula is C57H34N2S3. The molecule has 0 unspecified atom stereocenters. The van der Waals surface area contributed by atoms with Crippen LogP contribution < -0.4 is 0 Å². The summed E-state index contributed by atoms with van der Waals surface area (Å²) < 4.78 is 2.41. The van der Waals surface area contributed by atoms with Crippen molar-refractivity contribution in [2.45, 2.75) is 15.2 Å². The summed E-state index contributed by atoms with van der Waals surface area (Å²) in [4.78, 5) is 12.5. The fourth-order valence-corrected chi connectivity index (χ4v) is 12.9. The zero-order chi connectivity index (χ0) is 40.8. The lowest BCUT2D eigenvalue weighted by Crippen LogP contribution is -2.31. The van der Waals surface area contributed by atoms with Crippen molar-refractivity contribution < 1.29 is 0 Å². The SMILES string of the molecule is c1ccc2c(c1)Sc1ccccc1C21c2ccccc2-c2cc(-c3cc(-c4ccc(-c5nc6ccccc6s5)cc4)cc(-c4ccc(-c5nc6ccccc6s5)cc4)c3)ccc21. The Morgan fingerprint density at radius 2 is 0.726 bits per heavy atom. The van der Waals surface area contributed by atoms with Gasteiger partial charge in [-0.05, 0) is 127 Å². The molecule has 1 aliphatic heterocycles. The van der Waals surface area contributed by atoms with E-state index in [4.69, 9.17) is 9.97 Å². The standard InChI is InChI=1S/C57H34N2S3/c1-2-12-45-43(11-1)44-34-39(29-30-46(44)57(45)47-13-3-7-17-51(47)60-52-18-8-4-14-48(52)57)42-32-40(35-21-25-37(26-22-35)55-58-49-15-5-9-19-53(49)61-55)31-41(33-42)36-23-27-38(28-24-36)56-59-50-16-6-10-20-54(50)62-56/h1-34H. The monoisotopic (exact) mass is 842 g/mol. The van der Waals surface area contributed by atoms with E-state index in [2.05, 4.69) is 206 Å². The normalized spacial score (nSPS) is 13.2. The molecule has 2 nitrogen and oxygen atoms in total. The fraction of sp³-hybridized carbons (Fsp3) is 0.0175. The first-order valence-electron chi connectivity index (χ1n) is 20.9. The third-order valence-corrected chi connectivity index (χ3v) is 16.0. The van der Waals surface area contributed by atoms with Gasteiger partial charge in [0.2, 0.25) is 0 Å². The molecule has 1 aliphatic carbocycles. The van der Waals surface area contributed by atoms with E-state index in [0.717, 1.165) is 32.2 Å². The summed E-state index contributed by atoms with van der Waals surface area (Å²) in [6.07, 6.45) is 0. The Bertz CT molecular complexity index is 3310. The Kier molecular flexibility index (Phi) is 8.14. The molecule has 0 fully saturated rings. The summed E-state index contributed by atoms with van der Waals surface area (Å²) in [5.74, 6) is 0. The predicted octanol–water partition coefficient (Wildman–Crippen LogP) is 16.1. The average Bonchev–Trinajstić information content (AvgIpc) is 4.05. The van der Waals surface area contributed by atoms with Crippen LogP contribution in [0.2, 0.25) is 0 Å². The molecule has 0 atom stereocenters. The number of rotatable bonds is 5. The summed E-state index contributed by atoms with van der Waals surface area (Å²) in [5.41, 5.74) is 19.0. The third-order valence-electron chi connectivity index (χ3n) is 12.6. The predicted molar refractivity (Wildman–Crippen MR) is 261 cm³/mol. The van der Waals surface area contributed by atoms with Crippen molar-refractivity contribution in [2.24, 2.45) is 0 Å². The second-order valence-electron chi connectivity index (χ2n) is 16.1. The summed E-state index contributed by atoms with van der Waals surface area (Å²) in [6.45, 7) is 0. The van der Waals surface area contributed by atoms with Gasteiger partial charge in [0.1, 0.15) is 10.0 Å². The number of thiazole rings is 2. The zero-order valence-electron chi connectivity index (χ0n) is 33.2. The summed E-state index contributed by atoms with van der Waals surface area (Å²) in [7, 11) is 0. The van der Waals surface area contributed by atoms with E-state index in [1.807, 2.05) is 11.8 Å². The first-order chi connectivity index (χ1) is 30.7. The van der Waals surface area contributed by atoms with Crippen LogP contribution in [0, 0.1) is 0 Å².